The molecule has 18 heavy (non-hydrogen) atoms. The predicted molar refractivity (Wildman–Crippen MR) is 74.7 cm³/mol. The van der Waals surface area contributed by atoms with E-state index in [1.165, 1.54) is 0 Å². The fourth-order valence-electron chi connectivity index (χ4n) is 1.61. The summed E-state index contributed by atoms with van der Waals surface area (Å²) in [6.07, 6.45) is 0.270. The van der Waals surface area contributed by atoms with Gasteiger partial charge in [-0.15, -0.1) is 0 Å². The molecular weight excluding hydrogens is 246 g/mol. The van der Waals surface area contributed by atoms with Gasteiger partial charge in [-0.25, -0.2) is 0 Å². The van der Waals surface area contributed by atoms with Gasteiger partial charge in [-0.3, -0.25) is 4.79 Å². The first-order valence-corrected chi connectivity index (χ1v) is 5.98. The Hall–Kier alpha value is -1.80. The predicted octanol–water partition coefficient (Wildman–Crippen LogP) is 3.70. The van der Waals surface area contributed by atoms with Gasteiger partial charge >= 0.3 is 0 Å². The molecule has 2 aromatic rings. The van der Waals surface area contributed by atoms with Gasteiger partial charge in [-0.1, -0.05) is 41.9 Å². The summed E-state index contributed by atoms with van der Waals surface area (Å²) in [6, 6.07) is 14.7. The number of rotatable bonds is 3. The topological polar surface area (TPSA) is 29.1 Å². The molecule has 0 heterocycles. The molecule has 0 atom stereocenters. The van der Waals surface area contributed by atoms with Crippen molar-refractivity contribution in [2.45, 2.75) is 6.42 Å². The van der Waals surface area contributed by atoms with Crippen LogP contribution in [0, 0.1) is 6.92 Å². The molecule has 0 saturated carbocycles. The van der Waals surface area contributed by atoms with Crippen molar-refractivity contribution < 1.29 is 4.79 Å². The lowest BCUT2D eigenvalue weighted by Gasteiger charge is -2.06. The second-order valence-corrected chi connectivity index (χ2v) is 4.42. The summed E-state index contributed by atoms with van der Waals surface area (Å²) in [5.41, 5.74) is 2.50. The molecule has 1 N–H and O–H groups in total. The fourth-order valence-corrected chi connectivity index (χ4v) is 1.81. The smallest absolute Gasteiger partial charge is 0.228 e. The van der Waals surface area contributed by atoms with Crippen molar-refractivity contribution in [3.05, 3.63) is 71.6 Å². The number of benzene rings is 2. The van der Waals surface area contributed by atoms with Crippen LogP contribution in [0.2, 0.25) is 5.02 Å². The van der Waals surface area contributed by atoms with E-state index in [1.54, 1.807) is 6.07 Å². The molecule has 0 unspecified atom stereocenters. The lowest BCUT2D eigenvalue weighted by atomic mass is 10.1. The fraction of sp³-hybridized carbons (Fsp3) is 0.0667. The first kappa shape index (κ1) is 12.7. The summed E-state index contributed by atoms with van der Waals surface area (Å²) < 4.78 is 0. The van der Waals surface area contributed by atoms with Crippen LogP contribution in [-0.2, 0) is 11.2 Å². The van der Waals surface area contributed by atoms with Crippen molar-refractivity contribution in [2.24, 2.45) is 0 Å². The van der Waals surface area contributed by atoms with Crippen LogP contribution < -0.4 is 5.32 Å². The Morgan fingerprint density at radius 3 is 2.44 bits per heavy atom. The molecule has 0 aromatic heterocycles. The van der Waals surface area contributed by atoms with Crippen molar-refractivity contribution in [3.63, 3.8) is 0 Å². The van der Waals surface area contributed by atoms with Gasteiger partial charge < -0.3 is 5.32 Å². The molecule has 2 nitrogen and oxygen atoms in total. The highest BCUT2D eigenvalue weighted by Gasteiger charge is 2.06. The summed E-state index contributed by atoms with van der Waals surface area (Å²) in [5, 5.41) is 3.43. The average Bonchev–Trinajstić information content (AvgIpc) is 2.35. The second kappa shape index (κ2) is 5.69. The normalized spacial score (nSPS) is 10.1. The summed E-state index contributed by atoms with van der Waals surface area (Å²) in [6.45, 7) is 3.79. The molecule has 3 heteroatoms. The third-order valence-corrected chi connectivity index (χ3v) is 2.92. The summed E-state index contributed by atoms with van der Waals surface area (Å²) in [4.78, 5) is 11.8. The molecule has 0 aliphatic rings. The van der Waals surface area contributed by atoms with E-state index in [2.05, 4.69) is 12.2 Å². The maximum atomic E-state index is 11.8. The van der Waals surface area contributed by atoms with Crippen molar-refractivity contribution in [3.8, 4) is 0 Å². The van der Waals surface area contributed by atoms with Crippen LogP contribution in [0.4, 0.5) is 5.69 Å². The Kier molecular flexibility index (Phi) is 4.00. The zero-order chi connectivity index (χ0) is 13.0. The third-order valence-electron chi connectivity index (χ3n) is 2.55. The van der Waals surface area contributed by atoms with Gasteiger partial charge in [0, 0.05) is 10.7 Å². The highest BCUT2D eigenvalue weighted by Crippen LogP contribution is 2.16. The highest BCUT2D eigenvalue weighted by atomic mass is 35.5. The molecule has 2 rings (SSSR count). The molecule has 0 fully saturated rings. The van der Waals surface area contributed by atoms with Crippen molar-refractivity contribution in [1.82, 2.24) is 0 Å². The molecular formula is C15H13ClNO. The maximum absolute atomic E-state index is 11.8. The SMILES string of the molecule is [CH2]c1ccc(NC(=O)Cc2ccccc2Cl)cc1. The van der Waals surface area contributed by atoms with Crippen molar-refractivity contribution in [1.29, 1.82) is 0 Å². The van der Waals surface area contributed by atoms with Crippen molar-refractivity contribution >= 4 is 23.2 Å². The van der Waals surface area contributed by atoms with Crippen LogP contribution in [0.1, 0.15) is 11.1 Å². The van der Waals surface area contributed by atoms with Crippen LogP contribution in [0.5, 0.6) is 0 Å². The Balaban J connectivity index is 2.01. The lowest BCUT2D eigenvalue weighted by molar-refractivity contribution is -0.115. The van der Waals surface area contributed by atoms with E-state index in [1.807, 2.05) is 42.5 Å². The summed E-state index contributed by atoms with van der Waals surface area (Å²) in [7, 11) is 0. The monoisotopic (exact) mass is 258 g/mol. The van der Waals surface area contributed by atoms with Crippen LogP contribution >= 0.6 is 11.6 Å². The van der Waals surface area contributed by atoms with E-state index in [9.17, 15) is 4.79 Å². The molecule has 91 valence electrons. The number of halogens is 1. The molecule has 0 aliphatic carbocycles. The van der Waals surface area contributed by atoms with Crippen LogP contribution in [0.15, 0.2) is 48.5 Å². The Morgan fingerprint density at radius 1 is 1.11 bits per heavy atom. The quantitative estimate of drug-likeness (QED) is 0.894. The molecule has 1 radical (unpaired) electrons. The first-order chi connectivity index (χ1) is 8.65. The zero-order valence-corrected chi connectivity index (χ0v) is 10.6. The van der Waals surface area contributed by atoms with Crippen LogP contribution in [-0.4, -0.2) is 5.91 Å². The number of hydrogen-bond donors (Lipinski definition) is 1. The molecule has 0 spiro atoms. The maximum Gasteiger partial charge on any atom is 0.228 e. The van der Waals surface area contributed by atoms with Gasteiger partial charge in [0.15, 0.2) is 0 Å². The van der Waals surface area contributed by atoms with Gasteiger partial charge in [0.25, 0.3) is 0 Å². The molecule has 2 aromatic carbocycles. The number of nitrogens with one attached hydrogen (secondary N) is 1. The minimum atomic E-state index is -0.0834. The number of hydrogen-bond acceptors (Lipinski definition) is 1. The van der Waals surface area contributed by atoms with Crippen LogP contribution in [0.3, 0.4) is 0 Å². The third kappa shape index (κ3) is 3.34. The molecule has 0 bridgehead atoms. The number of carbonyl (C=O) groups excluding carboxylic acids is 1. The number of anilines is 1. The average molecular weight is 259 g/mol. The Bertz CT molecular complexity index is 549. The zero-order valence-electron chi connectivity index (χ0n) is 9.82. The summed E-state index contributed by atoms with van der Waals surface area (Å²) in [5.74, 6) is -0.0834. The summed E-state index contributed by atoms with van der Waals surface area (Å²) >= 11 is 6.00. The van der Waals surface area contributed by atoms with E-state index in [4.69, 9.17) is 11.6 Å². The van der Waals surface area contributed by atoms with E-state index in [0.717, 1.165) is 16.8 Å². The minimum Gasteiger partial charge on any atom is -0.326 e. The Morgan fingerprint density at radius 2 is 1.78 bits per heavy atom. The van der Waals surface area contributed by atoms with Gasteiger partial charge in [-0.2, -0.15) is 0 Å². The van der Waals surface area contributed by atoms with E-state index < -0.39 is 0 Å². The minimum absolute atomic E-state index is 0.0834. The van der Waals surface area contributed by atoms with E-state index >= 15 is 0 Å². The number of carbonyl (C=O) groups is 1. The Labute approximate surface area is 112 Å². The highest BCUT2D eigenvalue weighted by molar-refractivity contribution is 6.31. The van der Waals surface area contributed by atoms with Gasteiger partial charge in [0.1, 0.15) is 0 Å². The second-order valence-electron chi connectivity index (χ2n) is 4.01. The molecule has 1 amide bonds. The van der Waals surface area contributed by atoms with E-state index in [0.29, 0.717) is 5.02 Å². The van der Waals surface area contributed by atoms with Gasteiger partial charge in [0.05, 0.1) is 6.42 Å². The van der Waals surface area contributed by atoms with Crippen molar-refractivity contribution in [2.75, 3.05) is 5.32 Å². The van der Waals surface area contributed by atoms with Crippen LogP contribution in [0.25, 0.3) is 0 Å². The lowest BCUT2D eigenvalue weighted by Crippen LogP contribution is -2.14. The molecule has 0 aliphatic heterocycles. The standard InChI is InChI=1S/C15H13ClNO/c1-11-6-8-13(9-7-11)17-15(18)10-12-4-2-3-5-14(12)16/h2-9H,1,10H2,(H,17,18). The van der Waals surface area contributed by atoms with Gasteiger partial charge in [-0.05, 0) is 36.2 Å². The number of amides is 1. The first-order valence-electron chi connectivity index (χ1n) is 5.60. The molecule has 0 saturated heterocycles. The van der Waals surface area contributed by atoms with E-state index in [-0.39, 0.29) is 12.3 Å². The van der Waals surface area contributed by atoms with Gasteiger partial charge in [0.2, 0.25) is 5.91 Å². The largest absolute Gasteiger partial charge is 0.326 e.